The van der Waals surface area contributed by atoms with Crippen LogP contribution in [-0.2, 0) is 0 Å². The van der Waals surface area contributed by atoms with Crippen molar-refractivity contribution in [2.45, 2.75) is 52.1 Å². The van der Waals surface area contributed by atoms with Crippen LogP contribution in [0.15, 0.2) is 48.5 Å². The number of carbonyl (C=O) groups excluding carboxylic acids is 1. The Bertz CT molecular complexity index is 649. The Balaban J connectivity index is 2.07. The first-order valence-electron chi connectivity index (χ1n) is 8.75. The van der Waals surface area contributed by atoms with Crippen LogP contribution in [0.4, 0.5) is 0 Å². The van der Waals surface area contributed by atoms with Crippen molar-refractivity contribution in [1.29, 1.82) is 0 Å². The summed E-state index contributed by atoms with van der Waals surface area (Å²) in [6, 6.07) is 13.9. The van der Waals surface area contributed by atoms with E-state index in [4.69, 9.17) is 4.74 Å². The Morgan fingerprint density at radius 3 is 2.46 bits per heavy atom. The maximum absolute atomic E-state index is 12.4. The van der Waals surface area contributed by atoms with Gasteiger partial charge in [0.2, 0.25) is 0 Å². The molecule has 3 heteroatoms. The van der Waals surface area contributed by atoms with Crippen molar-refractivity contribution >= 4 is 5.78 Å². The van der Waals surface area contributed by atoms with Crippen molar-refractivity contribution in [2.75, 3.05) is 0 Å². The van der Waals surface area contributed by atoms with E-state index in [1.165, 1.54) is 12.8 Å². The summed E-state index contributed by atoms with van der Waals surface area (Å²) in [6.07, 6.45) is 5.62. The van der Waals surface area contributed by atoms with Gasteiger partial charge in [-0.2, -0.15) is 0 Å². The zero-order chi connectivity index (χ0) is 17.4. The Morgan fingerprint density at radius 1 is 1.08 bits per heavy atom. The first-order valence-corrected chi connectivity index (χ1v) is 8.75. The minimum Gasteiger partial charge on any atom is -0.507 e. The number of rotatable bonds is 9. The van der Waals surface area contributed by atoms with E-state index >= 15 is 0 Å². The number of ether oxygens (including phenoxy) is 1. The summed E-state index contributed by atoms with van der Waals surface area (Å²) in [6.45, 7) is 4.28. The van der Waals surface area contributed by atoms with Gasteiger partial charge in [0.1, 0.15) is 11.5 Å². The summed E-state index contributed by atoms with van der Waals surface area (Å²) >= 11 is 0. The SMILES string of the molecule is CCCCCC(CC)Oc1ccc(C(=O)c2ccccc2)c(O)c1. The second kappa shape index (κ2) is 9.11. The number of aromatic hydroxyl groups is 1. The number of hydrogen-bond acceptors (Lipinski definition) is 3. The van der Waals surface area contributed by atoms with Gasteiger partial charge in [0.15, 0.2) is 5.78 Å². The standard InChI is InChI=1S/C21H26O3/c1-3-5-7-12-17(4-2)24-18-13-14-19(20(22)15-18)21(23)16-10-8-6-9-11-16/h6,8-11,13-15,17,22H,3-5,7,12H2,1-2H3. The molecule has 128 valence electrons. The lowest BCUT2D eigenvalue weighted by Gasteiger charge is -2.18. The second-order valence-electron chi connectivity index (χ2n) is 6.02. The highest BCUT2D eigenvalue weighted by Gasteiger charge is 2.15. The van der Waals surface area contributed by atoms with Gasteiger partial charge in [0, 0.05) is 11.6 Å². The number of phenols is 1. The van der Waals surface area contributed by atoms with Gasteiger partial charge in [-0.15, -0.1) is 0 Å². The van der Waals surface area contributed by atoms with E-state index in [0.29, 0.717) is 16.9 Å². The van der Waals surface area contributed by atoms with Crippen LogP contribution in [0, 0.1) is 0 Å². The highest BCUT2D eigenvalue weighted by atomic mass is 16.5. The van der Waals surface area contributed by atoms with Crippen LogP contribution in [0.3, 0.4) is 0 Å². The fraction of sp³-hybridized carbons (Fsp3) is 0.381. The summed E-state index contributed by atoms with van der Waals surface area (Å²) in [4.78, 5) is 12.4. The molecule has 0 radical (unpaired) electrons. The minimum absolute atomic E-state index is 0.0373. The molecule has 24 heavy (non-hydrogen) atoms. The molecule has 1 unspecified atom stereocenters. The van der Waals surface area contributed by atoms with Gasteiger partial charge >= 0.3 is 0 Å². The van der Waals surface area contributed by atoms with E-state index in [9.17, 15) is 9.90 Å². The molecule has 2 rings (SSSR count). The largest absolute Gasteiger partial charge is 0.507 e. The molecule has 0 aliphatic rings. The predicted octanol–water partition coefficient (Wildman–Crippen LogP) is 5.36. The Morgan fingerprint density at radius 2 is 1.83 bits per heavy atom. The summed E-state index contributed by atoms with van der Waals surface area (Å²) < 4.78 is 5.96. The number of ketones is 1. The van der Waals surface area contributed by atoms with Crippen LogP contribution in [0.25, 0.3) is 0 Å². The van der Waals surface area contributed by atoms with Crippen LogP contribution >= 0.6 is 0 Å². The lowest BCUT2D eigenvalue weighted by molar-refractivity contribution is 0.103. The Labute approximate surface area is 144 Å². The molecule has 2 aromatic carbocycles. The number of carbonyl (C=O) groups is 1. The number of unbranched alkanes of at least 4 members (excludes halogenated alkanes) is 2. The normalized spacial score (nSPS) is 11.9. The lowest BCUT2D eigenvalue weighted by atomic mass is 10.0. The second-order valence-corrected chi connectivity index (χ2v) is 6.02. The predicted molar refractivity (Wildman–Crippen MR) is 96.8 cm³/mol. The van der Waals surface area contributed by atoms with Crippen molar-refractivity contribution < 1.29 is 14.6 Å². The first kappa shape index (κ1) is 18.1. The molecule has 0 saturated heterocycles. The lowest BCUT2D eigenvalue weighted by Crippen LogP contribution is -2.15. The van der Waals surface area contributed by atoms with Gasteiger partial charge in [0.05, 0.1) is 11.7 Å². The Hall–Kier alpha value is -2.29. The molecule has 0 aliphatic heterocycles. The molecule has 0 amide bonds. The van der Waals surface area contributed by atoms with E-state index in [-0.39, 0.29) is 17.6 Å². The molecule has 0 aliphatic carbocycles. The molecule has 0 fully saturated rings. The fourth-order valence-corrected chi connectivity index (χ4v) is 2.68. The van der Waals surface area contributed by atoms with Crippen molar-refractivity contribution in [1.82, 2.24) is 0 Å². The minimum atomic E-state index is -0.186. The number of benzene rings is 2. The van der Waals surface area contributed by atoms with Crippen LogP contribution in [0.5, 0.6) is 11.5 Å². The zero-order valence-electron chi connectivity index (χ0n) is 14.5. The van der Waals surface area contributed by atoms with Crippen LogP contribution in [-0.4, -0.2) is 17.0 Å². The molecular weight excluding hydrogens is 300 g/mol. The summed E-state index contributed by atoms with van der Waals surface area (Å²) in [5.74, 6) is 0.389. The van der Waals surface area contributed by atoms with Crippen molar-refractivity contribution in [3.05, 3.63) is 59.7 Å². The maximum atomic E-state index is 12.4. The third kappa shape index (κ3) is 4.85. The van der Waals surface area contributed by atoms with Crippen molar-refractivity contribution in [3.63, 3.8) is 0 Å². The van der Waals surface area contributed by atoms with E-state index < -0.39 is 0 Å². The van der Waals surface area contributed by atoms with Gasteiger partial charge in [0.25, 0.3) is 0 Å². The average Bonchev–Trinajstić information content (AvgIpc) is 2.61. The number of hydrogen-bond donors (Lipinski definition) is 1. The highest BCUT2D eigenvalue weighted by molar-refractivity contribution is 6.10. The van der Waals surface area contributed by atoms with E-state index in [1.807, 2.05) is 18.2 Å². The summed E-state index contributed by atoms with van der Waals surface area (Å²) in [5, 5.41) is 10.2. The first-order chi connectivity index (χ1) is 11.7. The molecule has 3 nitrogen and oxygen atoms in total. The van der Waals surface area contributed by atoms with E-state index in [2.05, 4.69) is 13.8 Å². The van der Waals surface area contributed by atoms with Crippen molar-refractivity contribution in [2.24, 2.45) is 0 Å². The molecular formula is C21H26O3. The smallest absolute Gasteiger partial charge is 0.196 e. The molecule has 1 N–H and O–H groups in total. The average molecular weight is 326 g/mol. The number of phenolic OH excluding ortho intramolecular Hbond substituents is 1. The van der Waals surface area contributed by atoms with Gasteiger partial charge in [-0.3, -0.25) is 4.79 Å². The highest BCUT2D eigenvalue weighted by Crippen LogP contribution is 2.27. The molecule has 0 bridgehead atoms. The van der Waals surface area contributed by atoms with E-state index in [1.54, 1.807) is 30.3 Å². The quantitative estimate of drug-likeness (QED) is 0.498. The Kier molecular flexibility index (Phi) is 6.86. The molecule has 2 aromatic rings. The molecule has 1 atom stereocenters. The van der Waals surface area contributed by atoms with Gasteiger partial charge in [-0.25, -0.2) is 0 Å². The van der Waals surface area contributed by atoms with Crippen LogP contribution in [0.1, 0.15) is 61.9 Å². The summed E-state index contributed by atoms with van der Waals surface area (Å²) in [5.41, 5.74) is 0.861. The fourth-order valence-electron chi connectivity index (χ4n) is 2.68. The van der Waals surface area contributed by atoms with Crippen LogP contribution < -0.4 is 4.74 Å². The van der Waals surface area contributed by atoms with Crippen molar-refractivity contribution in [3.8, 4) is 11.5 Å². The molecule has 0 spiro atoms. The molecule has 0 saturated carbocycles. The maximum Gasteiger partial charge on any atom is 0.196 e. The topological polar surface area (TPSA) is 46.5 Å². The van der Waals surface area contributed by atoms with Gasteiger partial charge in [-0.05, 0) is 31.4 Å². The summed E-state index contributed by atoms with van der Waals surface area (Å²) in [7, 11) is 0. The zero-order valence-corrected chi connectivity index (χ0v) is 14.5. The third-order valence-corrected chi connectivity index (χ3v) is 4.14. The van der Waals surface area contributed by atoms with Crippen LogP contribution in [0.2, 0.25) is 0 Å². The molecule has 0 heterocycles. The molecule has 0 aromatic heterocycles. The van der Waals surface area contributed by atoms with Gasteiger partial charge < -0.3 is 9.84 Å². The van der Waals surface area contributed by atoms with Gasteiger partial charge in [-0.1, -0.05) is 57.0 Å². The monoisotopic (exact) mass is 326 g/mol. The third-order valence-electron chi connectivity index (χ3n) is 4.14. The van der Waals surface area contributed by atoms with E-state index in [0.717, 1.165) is 19.3 Å².